The first-order valence-corrected chi connectivity index (χ1v) is 5.50. The van der Waals surface area contributed by atoms with Crippen molar-refractivity contribution in [3.05, 3.63) is 18.5 Å². The van der Waals surface area contributed by atoms with E-state index in [1.807, 2.05) is 20.1 Å². The van der Waals surface area contributed by atoms with Crippen molar-refractivity contribution in [2.45, 2.75) is 18.9 Å². The van der Waals surface area contributed by atoms with Gasteiger partial charge < -0.3 is 9.55 Å². The van der Waals surface area contributed by atoms with E-state index in [2.05, 4.69) is 17.8 Å². The molecule has 0 N–H and O–H groups in total. The number of hydrogen-bond acceptors (Lipinski definition) is 3. The Kier molecular flexibility index (Phi) is 3.31. The lowest BCUT2D eigenvalue weighted by molar-refractivity contribution is 0.236. The Labute approximate surface area is 92.7 Å². The lowest BCUT2D eigenvalue weighted by atomic mass is 9.99. The zero-order chi connectivity index (χ0) is 10.7. The van der Waals surface area contributed by atoms with Crippen LogP contribution in [0.15, 0.2) is 18.5 Å². The van der Waals surface area contributed by atoms with Gasteiger partial charge in [0.25, 0.3) is 0 Å². The van der Waals surface area contributed by atoms with Crippen LogP contribution in [-0.2, 0) is 0 Å². The predicted octanol–water partition coefficient (Wildman–Crippen LogP) is -1.27. The van der Waals surface area contributed by atoms with Crippen LogP contribution < -0.4 is 10.2 Å². The van der Waals surface area contributed by atoms with Crippen LogP contribution in [0.1, 0.15) is 12.8 Å². The van der Waals surface area contributed by atoms with Crippen LogP contribution in [0.3, 0.4) is 0 Å². The molecule has 0 spiro atoms. The molecule has 0 unspecified atom stereocenters. The SMILES string of the molecule is Bc1cncc(OC[C@@H]2CCCN2B)c1. The number of aromatic nitrogens is 1. The summed E-state index contributed by atoms with van der Waals surface area (Å²) in [5.74, 6) is 0.885. The minimum absolute atomic E-state index is 0.575. The highest BCUT2D eigenvalue weighted by atomic mass is 16.5. The average Bonchev–Trinajstić information content (AvgIpc) is 2.61. The van der Waals surface area contributed by atoms with Gasteiger partial charge in [0.05, 0.1) is 6.20 Å². The van der Waals surface area contributed by atoms with Crippen LogP contribution >= 0.6 is 0 Å². The predicted molar refractivity (Wildman–Crippen MR) is 66.2 cm³/mol. The maximum Gasteiger partial charge on any atom is 0.185 e. The number of ether oxygens (including phenoxy) is 1. The van der Waals surface area contributed by atoms with Crippen LogP contribution in [0.5, 0.6) is 5.75 Å². The standard InChI is InChI=1S/C10H16B2N2O/c11-8-4-10(6-13-5-8)15-7-9-2-1-3-14(9)12/h4-6,9H,1-3,7,11-12H2/t9-/m0/s1. The van der Waals surface area contributed by atoms with Gasteiger partial charge >= 0.3 is 0 Å². The van der Waals surface area contributed by atoms with Gasteiger partial charge in [0.15, 0.2) is 7.98 Å². The van der Waals surface area contributed by atoms with Crippen LogP contribution in [0.25, 0.3) is 0 Å². The van der Waals surface area contributed by atoms with Crippen molar-refractivity contribution in [2.75, 3.05) is 13.2 Å². The fourth-order valence-corrected chi connectivity index (χ4v) is 1.99. The lowest BCUT2D eigenvalue weighted by Crippen LogP contribution is -2.32. The van der Waals surface area contributed by atoms with Gasteiger partial charge in [0, 0.05) is 12.2 Å². The van der Waals surface area contributed by atoms with Gasteiger partial charge in [-0.1, -0.05) is 5.46 Å². The smallest absolute Gasteiger partial charge is 0.185 e. The Morgan fingerprint density at radius 3 is 3.07 bits per heavy atom. The second-order valence-corrected chi connectivity index (χ2v) is 4.29. The fourth-order valence-electron chi connectivity index (χ4n) is 1.99. The van der Waals surface area contributed by atoms with E-state index in [1.54, 1.807) is 6.20 Å². The monoisotopic (exact) mass is 202 g/mol. The zero-order valence-corrected chi connectivity index (χ0v) is 9.44. The second kappa shape index (κ2) is 4.71. The molecule has 1 aromatic rings. The van der Waals surface area contributed by atoms with Crippen LogP contribution in [0.2, 0.25) is 0 Å². The van der Waals surface area contributed by atoms with Crippen molar-refractivity contribution >= 4 is 21.3 Å². The summed E-state index contributed by atoms with van der Waals surface area (Å²) in [6.45, 7) is 1.97. The second-order valence-electron chi connectivity index (χ2n) is 4.29. The number of nitrogens with zero attached hydrogens (tertiary/aromatic N) is 2. The molecule has 15 heavy (non-hydrogen) atoms. The molecule has 0 bridgehead atoms. The fraction of sp³-hybridized carbons (Fsp3) is 0.500. The molecule has 5 heteroatoms. The summed E-state index contributed by atoms with van der Waals surface area (Å²) in [7, 11) is 4.19. The van der Waals surface area contributed by atoms with Gasteiger partial charge in [-0.15, -0.1) is 0 Å². The molecule has 1 saturated heterocycles. The number of hydrogen-bond donors (Lipinski definition) is 0. The van der Waals surface area contributed by atoms with Crippen molar-refractivity contribution in [1.82, 2.24) is 9.79 Å². The highest BCUT2D eigenvalue weighted by Crippen LogP contribution is 2.15. The van der Waals surface area contributed by atoms with Crippen molar-refractivity contribution in [3.8, 4) is 5.75 Å². The quantitative estimate of drug-likeness (QED) is 0.571. The first-order valence-electron chi connectivity index (χ1n) is 5.50. The highest BCUT2D eigenvalue weighted by Gasteiger charge is 2.20. The van der Waals surface area contributed by atoms with Crippen molar-refractivity contribution in [3.63, 3.8) is 0 Å². The lowest BCUT2D eigenvalue weighted by Gasteiger charge is -2.20. The summed E-state index contributed by atoms with van der Waals surface area (Å²) in [6.07, 6.45) is 6.16. The molecule has 1 atom stereocenters. The summed E-state index contributed by atoms with van der Waals surface area (Å²) in [4.78, 5) is 6.47. The van der Waals surface area contributed by atoms with Crippen molar-refractivity contribution in [1.29, 1.82) is 0 Å². The molecule has 2 rings (SSSR count). The van der Waals surface area contributed by atoms with Gasteiger partial charge in [0.1, 0.15) is 20.2 Å². The van der Waals surface area contributed by atoms with Crippen LogP contribution in [0.4, 0.5) is 0 Å². The molecular formula is C10H16B2N2O. The molecule has 0 radical (unpaired) electrons. The van der Waals surface area contributed by atoms with Gasteiger partial charge in [-0.05, 0) is 25.5 Å². The van der Waals surface area contributed by atoms with Gasteiger partial charge in [-0.3, -0.25) is 4.98 Å². The van der Waals surface area contributed by atoms with E-state index in [1.165, 1.54) is 19.4 Å². The van der Waals surface area contributed by atoms with Gasteiger partial charge in [-0.25, -0.2) is 0 Å². The minimum atomic E-state index is 0.575. The minimum Gasteiger partial charge on any atom is -0.490 e. The summed E-state index contributed by atoms with van der Waals surface area (Å²) >= 11 is 0. The average molecular weight is 202 g/mol. The molecule has 1 fully saturated rings. The van der Waals surface area contributed by atoms with Crippen LogP contribution in [-0.4, -0.2) is 44.8 Å². The van der Waals surface area contributed by atoms with E-state index in [0.717, 1.165) is 17.8 Å². The largest absolute Gasteiger partial charge is 0.490 e. The molecule has 3 nitrogen and oxygen atoms in total. The maximum atomic E-state index is 5.74. The first-order chi connectivity index (χ1) is 7.25. The van der Waals surface area contributed by atoms with E-state index in [-0.39, 0.29) is 0 Å². The Morgan fingerprint density at radius 1 is 1.53 bits per heavy atom. The molecule has 0 amide bonds. The maximum absolute atomic E-state index is 5.74. The molecule has 1 aromatic heterocycles. The topological polar surface area (TPSA) is 25.4 Å². The third kappa shape index (κ3) is 2.75. The highest BCUT2D eigenvalue weighted by molar-refractivity contribution is 6.32. The van der Waals surface area contributed by atoms with E-state index in [4.69, 9.17) is 4.74 Å². The number of rotatable bonds is 3. The van der Waals surface area contributed by atoms with Crippen molar-refractivity contribution < 1.29 is 4.74 Å². The van der Waals surface area contributed by atoms with Crippen LogP contribution in [0, 0.1) is 0 Å². The Balaban J connectivity index is 1.87. The summed E-state index contributed by atoms with van der Waals surface area (Å²) in [5, 5.41) is 0. The Hall–Kier alpha value is -0.960. The van der Waals surface area contributed by atoms with E-state index in [9.17, 15) is 0 Å². The third-order valence-electron chi connectivity index (χ3n) is 2.96. The molecule has 78 valence electrons. The molecule has 0 saturated carbocycles. The van der Waals surface area contributed by atoms with Crippen molar-refractivity contribution in [2.24, 2.45) is 0 Å². The van der Waals surface area contributed by atoms with Gasteiger partial charge in [-0.2, -0.15) is 0 Å². The van der Waals surface area contributed by atoms with E-state index >= 15 is 0 Å². The number of pyridine rings is 1. The zero-order valence-electron chi connectivity index (χ0n) is 9.44. The molecule has 1 aliphatic rings. The normalized spacial score (nSPS) is 21.7. The van der Waals surface area contributed by atoms with E-state index < -0.39 is 0 Å². The Morgan fingerprint density at radius 2 is 2.40 bits per heavy atom. The molecule has 1 aliphatic heterocycles. The summed E-state index contributed by atoms with van der Waals surface area (Å²) < 4.78 is 5.74. The molecular weight excluding hydrogens is 186 g/mol. The summed E-state index contributed by atoms with van der Waals surface area (Å²) in [6, 6.07) is 2.60. The summed E-state index contributed by atoms with van der Waals surface area (Å²) in [5.41, 5.74) is 1.15. The van der Waals surface area contributed by atoms with E-state index in [0.29, 0.717) is 6.04 Å². The van der Waals surface area contributed by atoms with Gasteiger partial charge in [0.2, 0.25) is 0 Å². The molecule has 0 aromatic carbocycles. The molecule has 2 heterocycles. The Bertz CT molecular complexity index is 335. The first kappa shape index (κ1) is 10.6. The third-order valence-corrected chi connectivity index (χ3v) is 2.96. The molecule has 0 aliphatic carbocycles.